The van der Waals surface area contributed by atoms with Crippen LogP contribution in [0.1, 0.15) is 0 Å². The predicted molar refractivity (Wildman–Crippen MR) is 48.7 cm³/mol. The molecule has 5 heteroatoms. The minimum Gasteiger partial charge on any atom is -0.402 e. The van der Waals surface area contributed by atoms with Crippen molar-refractivity contribution in [3.8, 4) is 0 Å². The van der Waals surface area contributed by atoms with Crippen molar-refractivity contribution in [1.82, 2.24) is 0 Å². The van der Waals surface area contributed by atoms with Crippen molar-refractivity contribution in [1.29, 1.82) is 0 Å². The first-order valence-corrected chi connectivity index (χ1v) is 9.78. The number of benzene rings is 1. The molecule has 3 N–H and O–H groups in total. The van der Waals surface area contributed by atoms with Crippen LogP contribution in [0.4, 0.5) is 0 Å². The maximum Gasteiger partial charge on any atom is 0.631 e. The zero-order valence-electron chi connectivity index (χ0n) is 7.30. The summed E-state index contributed by atoms with van der Waals surface area (Å²) < 4.78 is 3.68. The van der Waals surface area contributed by atoms with Crippen LogP contribution < -0.4 is 3.07 Å². The molecule has 0 saturated carbocycles. The van der Waals surface area contributed by atoms with Crippen LogP contribution in [0.25, 0.3) is 0 Å². The molecule has 0 saturated heterocycles. The van der Waals surface area contributed by atoms with E-state index in [0.717, 1.165) is 0 Å². The topological polar surface area (TPSA) is 60.7 Å². The summed E-state index contributed by atoms with van der Waals surface area (Å²) in [6.07, 6.45) is 0. The van der Waals surface area contributed by atoms with Crippen LogP contribution in [-0.4, -0.2) is 22.4 Å². The molecule has 1 aromatic carbocycles. The third-order valence-electron chi connectivity index (χ3n) is 1.22. The molecular weight excluding hydrogens is 355 g/mol. The van der Waals surface area contributed by atoms with E-state index < -0.39 is 31.9 Å². The molecule has 0 aliphatic carbocycles. The van der Waals surface area contributed by atoms with Crippen molar-refractivity contribution >= 4 is 10.4 Å². The van der Waals surface area contributed by atoms with Gasteiger partial charge in [0.2, 0.25) is 0 Å². The molecule has 0 aliphatic rings. The van der Waals surface area contributed by atoms with E-state index in [1.807, 2.05) is 0 Å². The molecule has 0 heterocycles. The first kappa shape index (κ1) is 12.8. The molecule has 1 rings (SSSR count). The zero-order valence-corrected chi connectivity index (χ0v) is 12.8. The summed E-state index contributed by atoms with van der Waals surface area (Å²) in [6.45, 7) is 3.75. The van der Waals surface area contributed by atoms with Crippen LogP contribution in [0.3, 0.4) is 0 Å². The molecule has 0 radical (unpaired) electrons. The van der Waals surface area contributed by atoms with Crippen LogP contribution in [0.5, 0.6) is 0 Å². The van der Waals surface area contributed by atoms with Gasteiger partial charge in [-0.15, -0.1) is 0 Å². The van der Waals surface area contributed by atoms with Gasteiger partial charge in [-0.3, -0.25) is 0 Å². The Kier molecular flexibility index (Phi) is 8.33. The third-order valence-corrected chi connectivity index (χ3v) is 6.01. The first-order chi connectivity index (χ1) is 6.16. The van der Waals surface area contributed by atoms with Gasteiger partial charge in [-0.1, -0.05) is 0 Å². The molecule has 0 aromatic heterocycles. The van der Waals surface area contributed by atoms with Gasteiger partial charge in [0, 0.05) is 0 Å². The SMILES string of the molecule is C=[CH][Hg][c]1ccccc1.OB(O)O. The maximum atomic E-state index is 7.17. The largest absolute Gasteiger partial charge is 0.631 e. The van der Waals surface area contributed by atoms with Crippen LogP contribution in [0.2, 0.25) is 0 Å². The molecule has 0 aliphatic heterocycles. The Balaban J connectivity index is 0.000000310. The number of hydrogen-bond acceptors (Lipinski definition) is 3. The van der Waals surface area contributed by atoms with Crippen LogP contribution >= 0.6 is 0 Å². The van der Waals surface area contributed by atoms with Gasteiger partial charge in [0.25, 0.3) is 0 Å². The van der Waals surface area contributed by atoms with E-state index in [2.05, 4.69) is 40.5 Å². The predicted octanol–water partition coefficient (Wildman–Crippen LogP) is -0.514. The average molecular weight is 367 g/mol. The first-order valence-electron chi connectivity index (χ1n) is 3.86. The monoisotopic (exact) mass is 368 g/mol. The fourth-order valence-electron chi connectivity index (χ4n) is 0.781. The fraction of sp³-hybridized carbons (Fsp3) is 0. The molecule has 66 valence electrons. The maximum absolute atomic E-state index is 7.17. The van der Waals surface area contributed by atoms with E-state index >= 15 is 0 Å². The van der Waals surface area contributed by atoms with E-state index in [-0.39, 0.29) is 0 Å². The summed E-state index contributed by atoms with van der Waals surface area (Å²) in [5.74, 6) is 0. The van der Waals surface area contributed by atoms with Crippen molar-refractivity contribution < 1.29 is 39.6 Å². The average Bonchev–Trinajstić information content (AvgIpc) is 2.06. The van der Waals surface area contributed by atoms with Crippen molar-refractivity contribution in [2.75, 3.05) is 0 Å². The van der Waals surface area contributed by atoms with Crippen molar-refractivity contribution in [3.63, 3.8) is 0 Å². The molecule has 3 nitrogen and oxygen atoms in total. The molecule has 0 atom stereocenters. The summed E-state index contributed by atoms with van der Waals surface area (Å²) in [7, 11) is -2.17. The van der Waals surface area contributed by atoms with E-state index in [9.17, 15) is 0 Å². The van der Waals surface area contributed by atoms with Crippen LogP contribution in [0.15, 0.2) is 40.5 Å². The molecule has 0 bridgehead atoms. The molecule has 0 fully saturated rings. The Morgan fingerprint density at radius 2 is 1.62 bits per heavy atom. The van der Waals surface area contributed by atoms with Crippen molar-refractivity contribution in [2.24, 2.45) is 0 Å². The van der Waals surface area contributed by atoms with Crippen LogP contribution in [-0.2, 0) is 24.6 Å². The van der Waals surface area contributed by atoms with Gasteiger partial charge in [-0.2, -0.15) is 0 Å². The van der Waals surface area contributed by atoms with Crippen molar-refractivity contribution in [3.05, 3.63) is 40.5 Å². The van der Waals surface area contributed by atoms with E-state index in [4.69, 9.17) is 15.1 Å². The van der Waals surface area contributed by atoms with Crippen LogP contribution in [0, 0.1) is 0 Å². The van der Waals surface area contributed by atoms with Gasteiger partial charge < -0.3 is 15.1 Å². The number of rotatable bonds is 2. The van der Waals surface area contributed by atoms with E-state index in [1.165, 1.54) is 0 Å². The molecule has 1 aromatic rings. The second kappa shape index (κ2) is 8.44. The van der Waals surface area contributed by atoms with E-state index in [0.29, 0.717) is 0 Å². The zero-order chi connectivity index (χ0) is 10.1. The molecular formula is C8H11BHgO3. The third kappa shape index (κ3) is 9.76. The van der Waals surface area contributed by atoms with Gasteiger partial charge in [0.1, 0.15) is 0 Å². The summed E-state index contributed by atoms with van der Waals surface area (Å²) in [5.41, 5.74) is 0. The summed E-state index contributed by atoms with van der Waals surface area (Å²) in [4.78, 5) is 0. The molecule has 13 heavy (non-hydrogen) atoms. The Hall–Kier alpha value is -0.160. The minimum absolute atomic E-state index is 0.803. The molecule has 0 unspecified atom stereocenters. The summed E-state index contributed by atoms with van der Waals surface area (Å²) >= 11 is -0.803. The quantitative estimate of drug-likeness (QED) is 0.618. The van der Waals surface area contributed by atoms with Gasteiger partial charge in [-0.25, -0.2) is 0 Å². The minimum atomic E-state index is -2.17. The molecule has 0 amide bonds. The summed E-state index contributed by atoms with van der Waals surface area (Å²) in [6, 6.07) is 10.6. The normalized spacial score (nSPS) is 7.62. The van der Waals surface area contributed by atoms with Crippen molar-refractivity contribution in [2.45, 2.75) is 0 Å². The van der Waals surface area contributed by atoms with Gasteiger partial charge in [0.05, 0.1) is 0 Å². The Morgan fingerprint density at radius 1 is 1.15 bits per heavy atom. The Bertz CT molecular complexity index is 225. The van der Waals surface area contributed by atoms with Gasteiger partial charge in [0.15, 0.2) is 0 Å². The Morgan fingerprint density at radius 3 is 2.00 bits per heavy atom. The number of hydrogen-bond donors (Lipinski definition) is 3. The summed E-state index contributed by atoms with van der Waals surface area (Å²) in [5, 5.41) is 21.5. The molecule has 0 spiro atoms. The Labute approximate surface area is 90.3 Å². The van der Waals surface area contributed by atoms with E-state index in [1.54, 1.807) is 3.07 Å². The van der Waals surface area contributed by atoms with Gasteiger partial charge >= 0.3 is 75.5 Å². The second-order valence-corrected chi connectivity index (χ2v) is 9.33. The smallest absolute Gasteiger partial charge is 0.402 e. The second-order valence-electron chi connectivity index (χ2n) is 2.32. The fourth-order valence-corrected chi connectivity index (χ4v) is 4.19. The standard InChI is InChI=1S/C6H5.C2H3.BH3O3.Hg/c1-2-4-6-5-3-1;1-2;2-1(3)4;/h1-5H;1H,2H2;2-4H;. The van der Waals surface area contributed by atoms with Gasteiger partial charge in [-0.05, 0) is 0 Å².